The fourth-order valence-electron chi connectivity index (χ4n) is 5.07. The monoisotopic (exact) mass is 507 g/mol. The van der Waals surface area contributed by atoms with Gasteiger partial charge >= 0.3 is 5.97 Å². The van der Waals surface area contributed by atoms with Crippen molar-refractivity contribution < 1.29 is 29.3 Å². The lowest BCUT2D eigenvalue weighted by molar-refractivity contribution is -0.154. The van der Waals surface area contributed by atoms with E-state index in [4.69, 9.17) is 9.47 Å². The van der Waals surface area contributed by atoms with Crippen LogP contribution in [0.1, 0.15) is 84.3 Å². The summed E-state index contributed by atoms with van der Waals surface area (Å²) in [5, 5.41) is 24.6. The molecule has 7 nitrogen and oxygen atoms in total. The van der Waals surface area contributed by atoms with Crippen molar-refractivity contribution in [3.8, 4) is 0 Å². The Bertz CT molecular complexity index is 955. The Hall–Kier alpha value is -1.61. The highest BCUT2D eigenvalue weighted by Gasteiger charge is 2.53. The molecule has 0 radical (unpaired) electrons. The van der Waals surface area contributed by atoms with Gasteiger partial charge in [-0.2, -0.15) is 0 Å². The number of ketones is 1. The van der Waals surface area contributed by atoms with E-state index in [1.807, 2.05) is 32.2 Å². The third kappa shape index (κ3) is 6.59. The van der Waals surface area contributed by atoms with Gasteiger partial charge in [0.1, 0.15) is 11.9 Å². The molecule has 3 rings (SSSR count). The standard InChI is InChI=1S/C27H41NO6S/c1-15-9-8-10-27(7)22(34-27)12-20(16(2)11-19-14-35-18(4)28-19)33-23(30)13-21(29)26(5,6)25(32)17(3)24(15)31/h11,14-15,17,20-22,24,29,31H,8-10,12-13H2,1-7H3/b16-11+. The molecular formula is C27H41NO6S. The van der Waals surface area contributed by atoms with Gasteiger partial charge in [0.2, 0.25) is 0 Å². The summed E-state index contributed by atoms with van der Waals surface area (Å²) in [5.74, 6) is -1.55. The van der Waals surface area contributed by atoms with Gasteiger partial charge in [0, 0.05) is 17.7 Å². The van der Waals surface area contributed by atoms with Crippen molar-refractivity contribution in [2.24, 2.45) is 17.3 Å². The highest BCUT2D eigenvalue weighted by atomic mass is 32.1. The Labute approximate surface area is 212 Å². The number of carbonyl (C=O) groups excluding carboxylic acids is 2. The van der Waals surface area contributed by atoms with Gasteiger partial charge < -0.3 is 19.7 Å². The van der Waals surface area contributed by atoms with Crippen molar-refractivity contribution in [1.82, 2.24) is 4.98 Å². The minimum atomic E-state index is -1.23. The van der Waals surface area contributed by atoms with Crippen molar-refractivity contribution >= 4 is 29.2 Å². The molecule has 8 heteroatoms. The number of thiazole rings is 1. The Balaban J connectivity index is 1.85. The average molecular weight is 508 g/mol. The first-order valence-corrected chi connectivity index (χ1v) is 13.5. The zero-order valence-electron chi connectivity index (χ0n) is 22.0. The molecule has 2 aliphatic rings. The summed E-state index contributed by atoms with van der Waals surface area (Å²) < 4.78 is 11.9. The largest absolute Gasteiger partial charge is 0.458 e. The first-order chi connectivity index (χ1) is 16.2. The lowest BCUT2D eigenvalue weighted by Gasteiger charge is -2.34. The molecule has 7 atom stereocenters. The number of Topliss-reactive ketones (excluding diaryl/α,β-unsaturated/α-hetero) is 1. The summed E-state index contributed by atoms with van der Waals surface area (Å²) in [4.78, 5) is 30.6. The number of epoxide rings is 1. The van der Waals surface area contributed by atoms with Gasteiger partial charge in [-0.3, -0.25) is 9.59 Å². The summed E-state index contributed by atoms with van der Waals surface area (Å²) >= 11 is 1.56. The molecule has 2 saturated heterocycles. The van der Waals surface area contributed by atoms with Crippen LogP contribution in [0.5, 0.6) is 0 Å². The number of ether oxygens (including phenoxy) is 2. The lowest BCUT2D eigenvalue weighted by atomic mass is 9.73. The number of aryl methyl sites for hydroxylation is 1. The second-order valence-corrected chi connectivity index (χ2v) is 12.3. The van der Waals surface area contributed by atoms with Crippen LogP contribution >= 0.6 is 11.3 Å². The van der Waals surface area contributed by atoms with E-state index in [1.54, 1.807) is 32.1 Å². The van der Waals surface area contributed by atoms with E-state index in [0.717, 1.165) is 35.5 Å². The molecule has 0 bridgehead atoms. The Morgan fingerprint density at radius 1 is 1.23 bits per heavy atom. The van der Waals surface area contributed by atoms with Gasteiger partial charge in [0.25, 0.3) is 0 Å². The number of esters is 1. The highest BCUT2D eigenvalue weighted by molar-refractivity contribution is 7.09. The molecule has 3 heterocycles. The molecule has 196 valence electrons. The predicted molar refractivity (Wildman–Crippen MR) is 136 cm³/mol. The van der Waals surface area contributed by atoms with Gasteiger partial charge in [-0.15, -0.1) is 11.3 Å². The van der Waals surface area contributed by atoms with Crippen LogP contribution in [0.3, 0.4) is 0 Å². The van der Waals surface area contributed by atoms with Crippen molar-refractivity contribution in [3.05, 3.63) is 21.7 Å². The molecule has 1 aromatic rings. The number of aromatic nitrogens is 1. The SMILES string of the molecule is C/C(=C\c1csc(C)n1)C1CC2OC2(C)CCCC(C)C(O)C(C)C(=O)C(C)(C)C(O)CC(=O)O1. The van der Waals surface area contributed by atoms with Crippen molar-refractivity contribution in [3.63, 3.8) is 0 Å². The molecule has 2 N–H and O–H groups in total. The van der Waals surface area contributed by atoms with E-state index >= 15 is 0 Å². The van der Waals surface area contributed by atoms with Crippen LogP contribution in [0.25, 0.3) is 6.08 Å². The fraction of sp³-hybridized carbons (Fsp3) is 0.741. The maximum atomic E-state index is 13.2. The summed E-state index contributed by atoms with van der Waals surface area (Å²) in [5.41, 5.74) is 0.179. The first-order valence-electron chi connectivity index (χ1n) is 12.6. The Morgan fingerprint density at radius 2 is 1.91 bits per heavy atom. The minimum absolute atomic E-state index is 0.0455. The van der Waals surface area contributed by atoms with Crippen LogP contribution in [0, 0.1) is 24.2 Å². The van der Waals surface area contributed by atoms with Gasteiger partial charge in [-0.1, -0.05) is 34.1 Å². The summed E-state index contributed by atoms with van der Waals surface area (Å²) in [6, 6.07) is 0. The molecule has 0 aromatic carbocycles. The van der Waals surface area contributed by atoms with Crippen molar-refractivity contribution in [2.45, 2.75) is 111 Å². The molecule has 0 aliphatic carbocycles. The van der Waals surface area contributed by atoms with E-state index in [9.17, 15) is 19.8 Å². The number of nitrogens with zero attached hydrogens (tertiary/aromatic N) is 1. The number of hydrogen-bond acceptors (Lipinski definition) is 8. The molecule has 0 saturated carbocycles. The Kier molecular flexibility index (Phi) is 8.62. The number of carbonyl (C=O) groups is 2. The topological polar surface area (TPSA) is 109 Å². The van der Waals surface area contributed by atoms with Gasteiger partial charge in [0.05, 0.1) is 46.5 Å². The average Bonchev–Trinajstić information content (AvgIpc) is 3.22. The predicted octanol–water partition coefficient (Wildman–Crippen LogP) is 4.48. The Morgan fingerprint density at radius 3 is 2.54 bits per heavy atom. The molecule has 1 aromatic heterocycles. The normalized spacial score (nSPS) is 37.5. The molecule has 0 amide bonds. The van der Waals surface area contributed by atoms with Crippen LogP contribution in [0.4, 0.5) is 0 Å². The summed E-state index contributed by atoms with van der Waals surface area (Å²) in [6.45, 7) is 12.8. The maximum Gasteiger partial charge on any atom is 0.309 e. The van der Waals surface area contributed by atoms with E-state index in [1.165, 1.54) is 0 Å². The third-order valence-corrected chi connectivity index (χ3v) is 8.72. The number of rotatable bonds is 2. The van der Waals surface area contributed by atoms with E-state index < -0.39 is 35.6 Å². The van der Waals surface area contributed by atoms with Crippen LogP contribution < -0.4 is 0 Å². The summed E-state index contributed by atoms with van der Waals surface area (Å²) in [7, 11) is 0. The van der Waals surface area contributed by atoms with Crippen LogP contribution in [-0.4, -0.2) is 57.0 Å². The van der Waals surface area contributed by atoms with Crippen molar-refractivity contribution in [2.75, 3.05) is 0 Å². The van der Waals surface area contributed by atoms with Crippen LogP contribution in [-0.2, 0) is 19.1 Å². The second-order valence-electron chi connectivity index (χ2n) is 11.3. The molecular weight excluding hydrogens is 466 g/mol. The second kappa shape index (κ2) is 10.8. The number of aliphatic hydroxyl groups excluding tert-OH is 2. The van der Waals surface area contributed by atoms with Gasteiger partial charge in [0.15, 0.2) is 0 Å². The van der Waals surface area contributed by atoms with Gasteiger partial charge in [-0.05, 0) is 51.2 Å². The number of aliphatic hydroxyl groups is 2. The highest BCUT2D eigenvalue weighted by Crippen LogP contribution is 2.45. The van der Waals surface area contributed by atoms with Crippen LogP contribution in [0.2, 0.25) is 0 Å². The molecule has 7 unspecified atom stereocenters. The molecule has 0 spiro atoms. The number of fused-ring (bicyclic) bond motifs is 1. The zero-order valence-corrected chi connectivity index (χ0v) is 22.9. The minimum Gasteiger partial charge on any atom is -0.458 e. The van der Waals surface area contributed by atoms with E-state index in [2.05, 4.69) is 11.9 Å². The van der Waals surface area contributed by atoms with E-state index in [-0.39, 0.29) is 29.8 Å². The number of hydrogen-bond donors (Lipinski definition) is 2. The number of cyclic esters (lactones) is 1. The third-order valence-electron chi connectivity index (χ3n) is 7.93. The summed E-state index contributed by atoms with van der Waals surface area (Å²) in [6.07, 6.45) is 1.98. The molecule has 35 heavy (non-hydrogen) atoms. The molecule has 2 fully saturated rings. The molecule has 2 aliphatic heterocycles. The first kappa shape index (κ1) is 28.0. The lowest BCUT2D eigenvalue weighted by Crippen LogP contribution is -2.45. The van der Waals surface area contributed by atoms with Gasteiger partial charge in [-0.25, -0.2) is 4.98 Å². The zero-order chi connectivity index (χ0) is 26.1. The van der Waals surface area contributed by atoms with Crippen LogP contribution in [0.15, 0.2) is 11.0 Å². The smallest absolute Gasteiger partial charge is 0.309 e. The fourth-order valence-corrected chi connectivity index (χ4v) is 5.64. The van der Waals surface area contributed by atoms with Crippen molar-refractivity contribution in [1.29, 1.82) is 0 Å². The quantitative estimate of drug-likeness (QED) is 0.449. The van der Waals surface area contributed by atoms with E-state index in [0.29, 0.717) is 6.42 Å². The maximum absolute atomic E-state index is 13.2.